The van der Waals surface area contributed by atoms with E-state index >= 15 is 0 Å². The smallest absolute Gasteiger partial charge is 0.463 e. The van der Waals surface area contributed by atoms with E-state index in [2.05, 4.69) is 22.9 Å². The summed E-state index contributed by atoms with van der Waals surface area (Å²) in [6.07, 6.45) is 49.5. The van der Waals surface area contributed by atoms with Gasteiger partial charge in [-0.3, -0.25) is 27.7 Å². The summed E-state index contributed by atoms with van der Waals surface area (Å²) in [5.41, 5.74) is 0. The van der Waals surface area contributed by atoms with Crippen LogP contribution >= 0.6 is 15.6 Å². The molecule has 0 saturated heterocycles. The number of hydrogen-bond acceptors (Lipinski definition) is 13. The zero-order valence-electron chi connectivity index (χ0n) is 47.3. The molecule has 0 saturated carbocycles. The van der Waals surface area contributed by atoms with Gasteiger partial charge in [0.2, 0.25) is 0 Å². The maximum absolute atomic E-state index is 12.2. The maximum Gasteiger partial charge on any atom is 0.472 e. The summed E-state index contributed by atoms with van der Waals surface area (Å²) in [7, 11) is -9.57. The molecule has 0 fully saturated rings. The third kappa shape index (κ3) is 55.8. The fraction of sp³-hybridized carbons (Fsp3) is 0.965. The highest BCUT2D eigenvalue weighted by atomic mass is 31.2. The molecule has 15 nitrogen and oxygen atoms in total. The lowest BCUT2D eigenvalue weighted by Crippen LogP contribution is -2.25. The highest BCUT2D eigenvalue weighted by Crippen LogP contribution is 2.45. The first kappa shape index (κ1) is 73.0. The molecule has 0 aliphatic rings. The Morgan fingerprint density at radius 3 is 0.649 bits per heavy atom. The number of phosphoric acid groups is 2. The van der Waals surface area contributed by atoms with Gasteiger partial charge in [-0.15, -0.1) is 0 Å². The topological polar surface area (TPSA) is 225 Å². The molecule has 0 bridgehead atoms. The predicted octanol–water partition coefficient (Wildman–Crippen LogP) is 15.6. The van der Waals surface area contributed by atoms with E-state index in [4.69, 9.17) is 18.5 Å². The van der Waals surface area contributed by atoms with Crippen molar-refractivity contribution in [3.8, 4) is 0 Å². The van der Waals surface area contributed by atoms with E-state index in [0.29, 0.717) is 12.8 Å². The summed E-state index contributed by atoms with van der Waals surface area (Å²) in [6.45, 7) is 0.528. The van der Waals surface area contributed by atoms with Crippen LogP contribution in [0.2, 0.25) is 0 Å². The second-order valence-corrected chi connectivity index (χ2v) is 24.0. The van der Waals surface area contributed by atoms with E-state index in [0.717, 1.165) is 38.5 Å². The predicted molar refractivity (Wildman–Crippen MR) is 298 cm³/mol. The number of carbonyl (C=O) groups is 2. The van der Waals surface area contributed by atoms with Crippen LogP contribution < -0.4 is 0 Å². The van der Waals surface area contributed by atoms with Gasteiger partial charge in [-0.1, -0.05) is 271 Å². The normalized spacial score (nSPS) is 14.6. The minimum atomic E-state index is -4.79. The van der Waals surface area contributed by atoms with E-state index in [1.165, 1.54) is 218 Å². The van der Waals surface area contributed by atoms with Crippen molar-refractivity contribution in [1.29, 1.82) is 0 Å². The van der Waals surface area contributed by atoms with Gasteiger partial charge in [-0.25, -0.2) is 9.13 Å². The number of hydrogen-bond donors (Lipinski definition) is 5. The van der Waals surface area contributed by atoms with Crippen LogP contribution in [0.25, 0.3) is 0 Å². The lowest BCUT2D eigenvalue weighted by Gasteiger charge is -2.19. The highest BCUT2D eigenvalue weighted by molar-refractivity contribution is 7.47. The van der Waals surface area contributed by atoms with E-state index < -0.39 is 85.5 Å². The second kappa shape index (κ2) is 54.0. The first-order valence-corrected chi connectivity index (χ1v) is 33.4. The fourth-order valence-corrected chi connectivity index (χ4v) is 10.5. The number of aliphatic hydroxyl groups excluding tert-OH is 3. The molecule has 0 spiro atoms. The summed E-state index contributed by atoms with van der Waals surface area (Å²) in [4.78, 5) is 44.0. The van der Waals surface area contributed by atoms with Crippen molar-refractivity contribution in [2.45, 2.75) is 315 Å². The van der Waals surface area contributed by atoms with Gasteiger partial charge in [0, 0.05) is 12.8 Å². The van der Waals surface area contributed by atoms with Gasteiger partial charge in [0.1, 0.15) is 31.5 Å². The zero-order chi connectivity index (χ0) is 54.5. The summed E-state index contributed by atoms with van der Waals surface area (Å²) in [5, 5.41) is 30.2. The summed E-state index contributed by atoms with van der Waals surface area (Å²) in [5.74, 6) is -0.976. The number of rotatable bonds is 60. The van der Waals surface area contributed by atoms with E-state index in [1.807, 2.05) is 0 Å². The largest absolute Gasteiger partial charge is 0.472 e. The highest BCUT2D eigenvalue weighted by Gasteiger charge is 2.28. The Bertz CT molecular complexity index is 1230. The Hall–Kier alpha value is -0.960. The lowest BCUT2D eigenvalue weighted by molar-refractivity contribution is -0.148. The summed E-state index contributed by atoms with van der Waals surface area (Å²) in [6, 6.07) is 0. The Labute approximate surface area is 451 Å². The van der Waals surface area contributed by atoms with Crippen molar-refractivity contribution >= 4 is 27.6 Å². The standard InChI is InChI=1S/C57H114O15P2/c1-3-5-7-9-11-13-15-17-19-21-23-25-27-29-31-33-35-37-39-41-43-45-56(61)67-47-53(58)49-69-73(63,64)71-51-55(60)52-72-74(65,66)70-50-54(59)48-68-57(62)46-44-42-40-38-36-34-32-30-28-26-24-22-20-18-16-14-12-10-8-6-4-2/h53-55,58-60H,3-52H2,1-2H3,(H,63,64)(H,65,66). The van der Waals surface area contributed by atoms with Gasteiger partial charge < -0.3 is 34.6 Å². The van der Waals surface area contributed by atoms with Crippen LogP contribution in [0.1, 0.15) is 296 Å². The molecule has 0 heterocycles. The first-order valence-electron chi connectivity index (χ1n) is 30.4. The van der Waals surface area contributed by atoms with E-state index in [-0.39, 0.29) is 12.8 Å². The van der Waals surface area contributed by atoms with Gasteiger partial charge in [-0.2, -0.15) is 0 Å². The van der Waals surface area contributed by atoms with Gasteiger partial charge in [0.25, 0.3) is 0 Å². The molecule has 17 heteroatoms. The van der Waals surface area contributed by atoms with Crippen molar-refractivity contribution in [1.82, 2.24) is 0 Å². The molecule has 0 amide bonds. The summed E-state index contributed by atoms with van der Waals surface area (Å²) < 4.78 is 53.3. The van der Waals surface area contributed by atoms with E-state index in [9.17, 15) is 43.8 Å². The minimum Gasteiger partial charge on any atom is -0.463 e. The van der Waals surface area contributed by atoms with Crippen LogP contribution in [0.3, 0.4) is 0 Å². The van der Waals surface area contributed by atoms with Gasteiger partial charge in [-0.05, 0) is 12.8 Å². The molecule has 0 rings (SSSR count). The number of unbranched alkanes of at least 4 members (excludes halogenated alkanes) is 40. The van der Waals surface area contributed by atoms with Gasteiger partial charge in [0.15, 0.2) is 0 Å². The van der Waals surface area contributed by atoms with Crippen molar-refractivity contribution in [3.05, 3.63) is 0 Å². The molecule has 4 atom stereocenters. The Morgan fingerprint density at radius 2 is 0.459 bits per heavy atom. The van der Waals surface area contributed by atoms with Crippen molar-refractivity contribution in [2.75, 3.05) is 39.6 Å². The number of aliphatic hydroxyl groups is 3. The van der Waals surface area contributed by atoms with Crippen molar-refractivity contribution in [2.24, 2.45) is 0 Å². The number of phosphoric ester groups is 2. The molecule has 0 aliphatic carbocycles. The Kier molecular flexibility index (Phi) is 53.3. The Morgan fingerprint density at radius 1 is 0.297 bits per heavy atom. The SMILES string of the molecule is CCCCCCCCCCCCCCCCCCCCCCCC(=O)OCC(O)COP(=O)(O)OCC(O)COP(=O)(O)OCC(O)COC(=O)CCCCCCCCCCCCCCCCCCCCCCC. The Balaban J connectivity index is 3.74. The molecular weight excluding hydrogens is 987 g/mol. The molecule has 0 aromatic heterocycles. The monoisotopic (exact) mass is 1100 g/mol. The third-order valence-corrected chi connectivity index (χ3v) is 15.5. The van der Waals surface area contributed by atoms with Gasteiger partial charge in [0.05, 0.1) is 26.4 Å². The quantitative estimate of drug-likeness (QED) is 0.0217. The van der Waals surface area contributed by atoms with Crippen LogP contribution in [-0.4, -0.2) is 95.0 Å². The van der Waals surface area contributed by atoms with Gasteiger partial charge >= 0.3 is 27.6 Å². The first-order chi connectivity index (χ1) is 35.8. The molecule has 4 unspecified atom stereocenters. The summed E-state index contributed by atoms with van der Waals surface area (Å²) >= 11 is 0. The van der Waals surface area contributed by atoms with Crippen LogP contribution in [0, 0.1) is 0 Å². The number of carbonyl (C=O) groups excluding carboxylic acids is 2. The van der Waals surface area contributed by atoms with Crippen LogP contribution in [0.5, 0.6) is 0 Å². The van der Waals surface area contributed by atoms with Crippen LogP contribution in [0.15, 0.2) is 0 Å². The maximum atomic E-state index is 12.2. The third-order valence-electron chi connectivity index (χ3n) is 13.6. The molecular formula is C57H114O15P2. The van der Waals surface area contributed by atoms with Crippen LogP contribution in [-0.2, 0) is 46.3 Å². The molecule has 442 valence electrons. The van der Waals surface area contributed by atoms with Crippen molar-refractivity contribution in [3.63, 3.8) is 0 Å². The molecule has 0 radical (unpaired) electrons. The van der Waals surface area contributed by atoms with Crippen LogP contribution in [0.4, 0.5) is 0 Å². The average molecular weight is 1100 g/mol. The molecule has 0 aliphatic heterocycles. The lowest BCUT2D eigenvalue weighted by atomic mass is 10.0. The fourth-order valence-electron chi connectivity index (χ4n) is 8.87. The van der Waals surface area contributed by atoms with Crippen molar-refractivity contribution < 1.29 is 71.4 Å². The minimum absolute atomic E-state index is 0.204. The molecule has 5 N–H and O–H groups in total. The number of esters is 2. The average Bonchev–Trinajstić information content (AvgIpc) is 3.38. The number of ether oxygens (including phenoxy) is 2. The second-order valence-electron chi connectivity index (χ2n) is 21.1. The zero-order valence-corrected chi connectivity index (χ0v) is 49.1. The molecule has 0 aromatic carbocycles. The van der Waals surface area contributed by atoms with E-state index in [1.54, 1.807) is 0 Å². The molecule has 74 heavy (non-hydrogen) atoms. The molecule has 0 aromatic rings.